The standard InChI is InChI=1S/C26H47FIN2O2/c1-19(2)20(3)12-11-15-29(9)26(23(6)32-26)30(24(7)31)18-25(13-10-14-28-8)16-21(4)22(5)17-27/h10,13,16,19-23H,11-12,14-15,17-18H2,1-9H3/q-1/b13-10-,25-16+/t20-,21-,22-,23-,26?/m0/s1. The van der Waals surface area contributed by atoms with Gasteiger partial charge in [-0.05, 0) is 5.92 Å². The van der Waals surface area contributed by atoms with Crippen LogP contribution in [0.5, 0.6) is 0 Å². The molecule has 1 amide bonds. The Hall–Kier alpha value is -0.470. The first-order chi connectivity index (χ1) is 15.0. The van der Waals surface area contributed by atoms with Gasteiger partial charge in [-0.1, -0.05) is 20.8 Å². The number of epoxide rings is 1. The summed E-state index contributed by atoms with van der Waals surface area (Å²) in [5.41, 5.74) is 1.06. The number of hydrogen-bond acceptors (Lipinski definition) is 3. The quantitative estimate of drug-likeness (QED) is 0.101. The predicted molar refractivity (Wildman–Crippen MR) is 129 cm³/mol. The first-order valence-electron chi connectivity index (χ1n) is 12.0. The number of halogens is 2. The summed E-state index contributed by atoms with van der Waals surface area (Å²) < 4.78 is 20.4. The second kappa shape index (κ2) is 14.1. The van der Waals surface area contributed by atoms with Gasteiger partial charge in [0, 0.05) is 0 Å². The Balaban J connectivity index is 3.05. The van der Waals surface area contributed by atoms with Crippen molar-refractivity contribution >= 4 is 5.91 Å². The zero-order valence-electron chi connectivity index (χ0n) is 21.8. The Bertz CT molecular complexity index is 639. The van der Waals surface area contributed by atoms with Gasteiger partial charge in [-0.2, -0.15) is 0 Å². The van der Waals surface area contributed by atoms with Crippen LogP contribution in [0.15, 0.2) is 23.8 Å². The van der Waals surface area contributed by atoms with Crippen molar-refractivity contribution in [1.29, 1.82) is 0 Å². The molecule has 0 saturated carbocycles. The van der Waals surface area contributed by atoms with Crippen LogP contribution in [0, 0.1) is 23.7 Å². The van der Waals surface area contributed by atoms with Gasteiger partial charge < -0.3 is 0 Å². The summed E-state index contributed by atoms with van der Waals surface area (Å²) in [5.74, 6) is 0.739. The zero-order valence-corrected chi connectivity index (χ0v) is 24.0. The van der Waals surface area contributed by atoms with E-state index in [9.17, 15) is 9.18 Å². The molecular formula is C26H47FIN2O2-. The van der Waals surface area contributed by atoms with E-state index in [2.05, 4.69) is 62.8 Å². The molecule has 188 valence electrons. The second-order valence-electron chi connectivity index (χ2n) is 9.87. The van der Waals surface area contributed by atoms with E-state index in [1.54, 1.807) is 6.92 Å². The maximum atomic E-state index is 13.2. The Labute approximate surface area is 207 Å². The SMILES string of the molecule is C[I-]C/C=C\C(=C/[C@H](C)[C@@H](C)CF)CN(C(C)=O)C1(N(C)CCC[C@H](C)C(C)C)O[C@H]1C. The van der Waals surface area contributed by atoms with Gasteiger partial charge in [0.1, 0.15) is 0 Å². The molecule has 5 atom stereocenters. The molecule has 1 heterocycles. The van der Waals surface area contributed by atoms with E-state index in [1.165, 1.54) is 6.42 Å². The van der Waals surface area contributed by atoms with Crippen LogP contribution < -0.4 is 21.2 Å². The summed E-state index contributed by atoms with van der Waals surface area (Å²) in [6.45, 7) is 15.5. The molecule has 1 fully saturated rings. The van der Waals surface area contributed by atoms with Crippen molar-refractivity contribution < 1.29 is 35.1 Å². The summed E-state index contributed by atoms with van der Waals surface area (Å²) in [4.78, 5) is 19.1. The van der Waals surface area contributed by atoms with Crippen LogP contribution in [0.4, 0.5) is 4.39 Å². The molecule has 0 aromatic carbocycles. The molecule has 0 bridgehead atoms. The number of amides is 1. The van der Waals surface area contributed by atoms with E-state index in [0.717, 1.165) is 23.0 Å². The first-order valence-corrected chi connectivity index (χ1v) is 15.7. The minimum absolute atomic E-state index is 0.00478. The Morgan fingerprint density at radius 1 is 1.22 bits per heavy atom. The predicted octanol–water partition coefficient (Wildman–Crippen LogP) is 2.35. The average molecular weight is 566 g/mol. The fourth-order valence-corrected chi connectivity index (χ4v) is 4.74. The van der Waals surface area contributed by atoms with Gasteiger partial charge in [0.25, 0.3) is 0 Å². The number of alkyl halides is 3. The molecule has 4 nitrogen and oxygen atoms in total. The van der Waals surface area contributed by atoms with Crippen molar-refractivity contribution in [2.75, 3.05) is 36.2 Å². The summed E-state index contributed by atoms with van der Waals surface area (Å²) in [7, 11) is 2.06. The summed E-state index contributed by atoms with van der Waals surface area (Å²) in [6.07, 6.45) is 8.67. The van der Waals surface area contributed by atoms with Gasteiger partial charge in [-0.25, -0.2) is 0 Å². The zero-order chi connectivity index (χ0) is 24.5. The molecule has 0 aromatic rings. The van der Waals surface area contributed by atoms with E-state index in [0.29, 0.717) is 18.4 Å². The van der Waals surface area contributed by atoms with Crippen LogP contribution in [0.2, 0.25) is 0 Å². The summed E-state index contributed by atoms with van der Waals surface area (Å²) in [5, 5.41) is 0. The van der Waals surface area contributed by atoms with Crippen molar-refractivity contribution in [1.82, 2.24) is 9.80 Å². The van der Waals surface area contributed by atoms with E-state index >= 15 is 0 Å². The molecule has 1 aliphatic rings. The van der Waals surface area contributed by atoms with Crippen LogP contribution in [0.3, 0.4) is 0 Å². The normalized spacial score (nSPS) is 24.4. The third kappa shape index (κ3) is 8.39. The number of allylic oxidation sites excluding steroid dienone is 2. The molecule has 1 aliphatic heterocycles. The monoisotopic (exact) mass is 565 g/mol. The summed E-state index contributed by atoms with van der Waals surface area (Å²) >= 11 is 0.171. The van der Waals surface area contributed by atoms with Gasteiger partial charge in [0.05, 0.1) is 0 Å². The molecular weight excluding hydrogens is 518 g/mol. The van der Waals surface area contributed by atoms with Gasteiger partial charge >= 0.3 is 181 Å². The number of ether oxygens (including phenoxy) is 1. The topological polar surface area (TPSA) is 36.1 Å². The molecule has 32 heavy (non-hydrogen) atoms. The van der Waals surface area contributed by atoms with Crippen molar-refractivity contribution in [2.45, 2.75) is 73.3 Å². The van der Waals surface area contributed by atoms with E-state index in [4.69, 9.17) is 4.74 Å². The minimum atomic E-state index is -0.688. The van der Waals surface area contributed by atoms with E-state index in [1.807, 2.05) is 18.7 Å². The first kappa shape index (κ1) is 29.6. The van der Waals surface area contributed by atoms with Crippen molar-refractivity contribution in [2.24, 2.45) is 23.7 Å². The molecule has 0 spiro atoms. The number of carbonyl (C=O) groups excluding carboxylic acids is 1. The van der Waals surface area contributed by atoms with E-state index in [-0.39, 0.29) is 51.7 Å². The molecule has 1 rings (SSSR count). The van der Waals surface area contributed by atoms with Crippen LogP contribution >= 0.6 is 0 Å². The Kier molecular flexibility index (Phi) is 13.0. The molecule has 1 saturated heterocycles. The van der Waals surface area contributed by atoms with Crippen LogP contribution in [-0.4, -0.2) is 63.8 Å². The van der Waals surface area contributed by atoms with Gasteiger partial charge in [-0.3, -0.25) is 0 Å². The molecule has 0 aliphatic carbocycles. The summed E-state index contributed by atoms with van der Waals surface area (Å²) in [6, 6.07) is 0. The van der Waals surface area contributed by atoms with Crippen LogP contribution in [0.25, 0.3) is 0 Å². The van der Waals surface area contributed by atoms with Crippen molar-refractivity contribution in [3.8, 4) is 0 Å². The second-order valence-corrected chi connectivity index (χ2v) is 12.3. The molecule has 0 N–H and O–H groups in total. The number of nitrogens with zero attached hydrogens (tertiary/aromatic N) is 2. The molecule has 6 heteroatoms. The number of carbonyl (C=O) groups is 1. The van der Waals surface area contributed by atoms with Crippen molar-refractivity contribution in [3.63, 3.8) is 0 Å². The fourth-order valence-electron chi connectivity index (χ4n) is 3.98. The number of rotatable bonds is 15. The molecule has 0 aromatic heterocycles. The fraction of sp³-hybridized carbons (Fsp3) is 0.808. The third-order valence-corrected chi connectivity index (χ3v) is 8.35. The maximum absolute atomic E-state index is 13.2. The van der Waals surface area contributed by atoms with Gasteiger partial charge in [0.2, 0.25) is 0 Å². The molecule has 0 radical (unpaired) electrons. The number of hydrogen-bond donors (Lipinski definition) is 0. The Morgan fingerprint density at radius 2 is 1.84 bits per heavy atom. The van der Waals surface area contributed by atoms with Crippen LogP contribution in [0.1, 0.15) is 61.3 Å². The molecule has 1 unspecified atom stereocenters. The van der Waals surface area contributed by atoms with Crippen molar-refractivity contribution in [3.05, 3.63) is 23.8 Å². The van der Waals surface area contributed by atoms with E-state index < -0.39 is 5.85 Å². The number of likely N-dealkylation sites (N-methyl/N-ethyl adjacent to an activating group) is 1. The van der Waals surface area contributed by atoms with Gasteiger partial charge in [-0.15, -0.1) is 0 Å². The third-order valence-electron chi connectivity index (χ3n) is 6.96. The average Bonchev–Trinajstić information content (AvgIpc) is 3.42. The Morgan fingerprint density at radius 3 is 2.31 bits per heavy atom. The van der Waals surface area contributed by atoms with Gasteiger partial charge in [0.15, 0.2) is 0 Å². The van der Waals surface area contributed by atoms with Crippen LogP contribution in [-0.2, 0) is 9.53 Å².